The van der Waals surface area contributed by atoms with Crippen LogP contribution in [0.1, 0.15) is 19.3 Å². The van der Waals surface area contributed by atoms with Crippen LogP contribution in [0.3, 0.4) is 0 Å². The van der Waals surface area contributed by atoms with Gasteiger partial charge >= 0.3 is 0 Å². The van der Waals surface area contributed by atoms with E-state index in [1.165, 1.54) is 0 Å². The third kappa shape index (κ3) is 7.54. The van der Waals surface area contributed by atoms with E-state index in [2.05, 4.69) is 10.2 Å². The molecule has 0 aromatic heterocycles. The highest BCUT2D eigenvalue weighted by Crippen LogP contribution is 2.11. The van der Waals surface area contributed by atoms with Gasteiger partial charge in [-0.15, -0.1) is 0 Å². The monoisotopic (exact) mass is 302 g/mol. The zero-order valence-corrected chi connectivity index (χ0v) is 13.0. The molecule has 6 heteroatoms. The first-order valence-electron chi connectivity index (χ1n) is 8.23. The van der Waals surface area contributed by atoms with Crippen molar-refractivity contribution < 1.29 is 19.3 Å². The number of ether oxygens (including phenoxy) is 3. The standard InChI is InChI=1S/C15H30N2O4/c18-14(12-20-13-15-3-1-8-21-15)11-16-4-2-5-17-6-9-19-10-7-17/h14-16,18H,1-13H2. The van der Waals surface area contributed by atoms with E-state index >= 15 is 0 Å². The van der Waals surface area contributed by atoms with E-state index < -0.39 is 6.10 Å². The molecule has 21 heavy (non-hydrogen) atoms. The molecule has 0 aromatic carbocycles. The predicted octanol–water partition coefficient (Wildman–Crippen LogP) is -0.145. The molecule has 0 aliphatic carbocycles. The summed E-state index contributed by atoms with van der Waals surface area (Å²) in [5.74, 6) is 0. The molecule has 2 heterocycles. The molecular weight excluding hydrogens is 272 g/mol. The Hall–Kier alpha value is -0.240. The van der Waals surface area contributed by atoms with Crippen LogP contribution < -0.4 is 5.32 Å². The van der Waals surface area contributed by atoms with Crippen LogP contribution in [0.25, 0.3) is 0 Å². The number of aliphatic hydroxyl groups excluding tert-OH is 1. The normalized spacial score (nSPS) is 25.3. The molecule has 2 rings (SSSR count). The summed E-state index contributed by atoms with van der Waals surface area (Å²) < 4.78 is 16.3. The molecule has 2 aliphatic rings. The van der Waals surface area contributed by atoms with Crippen molar-refractivity contribution in [3.63, 3.8) is 0 Å². The predicted molar refractivity (Wildman–Crippen MR) is 80.5 cm³/mol. The lowest BCUT2D eigenvalue weighted by Crippen LogP contribution is -2.38. The Labute approximate surface area is 127 Å². The van der Waals surface area contributed by atoms with Crippen molar-refractivity contribution >= 4 is 0 Å². The maximum absolute atomic E-state index is 9.82. The number of nitrogens with one attached hydrogen (secondary N) is 1. The van der Waals surface area contributed by atoms with Crippen LogP contribution in [0.2, 0.25) is 0 Å². The van der Waals surface area contributed by atoms with Crippen LogP contribution in [-0.2, 0) is 14.2 Å². The van der Waals surface area contributed by atoms with Crippen molar-refractivity contribution in [3.05, 3.63) is 0 Å². The molecular formula is C15H30N2O4. The van der Waals surface area contributed by atoms with E-state index in [0.717, 1.165) is 65.3 Å². The molecule has 2 unspecified atom stereocenters. The number of hydrogen-bond acceptors (Lipinski definition) is 6. The maximum Gasteiger partial charge on any atom is 0.0897 e. The molecule has 6 nitrogen and oxygen atoms in total. The van der Waals surface area contributed by atoms with E-state index in [0.29, 0.717) is 19.8 Å². The summed E-state index contributed by atoms with van der Waals surface area (Å²) in [4.78, 5) is 2.42. The summed E-state index contributed by atoms with van der Waals surface area (Å²) in [5.41, 5.74) is 0. The molecule has 2 aliphatic heterocycles. The second kappa shape index (κ2) is 10.5. The van der Waals surface area contributed by atoms with Crippen LogP contribution in [0.4, 0.5) is 0 Å². The van der Waals surface area contributed by atoms with Gasteiger partial charge in [0.05, 0.1) is 38.6 Å². The third-order valence-corrected chi connectivity index (χ3v) is 3.95. The SMILES string of the molecule is OC(CNCCCN1CCOCC1)COCC1CCCO1. The van der Waals surface area contributed by atoms with Gasteiger partial charge in [0, 0.05) is 26.2 Å². The molecule has 2 saturated heterocycles. The van der Waals surface area contributed by atoms with Crippen molar-refractivity contribution in [3.8, 4) is 0 Å². The quantitative estimate of drug-likeness (QED) is 0.548. The van der Waals surface area contributed by atoms with Crippen LogP contribution in [0, 0.1) is 0 Å². The fraction of sp³-hybridized carbons (Fsp3) is 1.00. The first-order chi connectivity index (χ1) is 10.3. The van der Waals surface area contributed by atoms with E-state index in [4.69, 9.17) is 14.2 Å². The van der Waals surface area contributed by atoms with Gasteiger partial charge in [-0.1, -0.05) is 0 Å². The minimum absolute atomic E-state index is 0.235. The lowest BCUT2D eigenvalue weighted by atomic mass is 10.2. The highest BCUT2D eigenvalue weighted by atomic mass is 16.5. The zero-order chi connectivity index (χ0) is 14.8. The second-order valence-electron chi connectivity index (χ2n) is 5.84. The summed E-state index contributed by atoms with van der Waals surface area (Å²) in [5, 5.41) is 13.1. The van der Waals surface area contributed by atoms with Crippen molar-refractivity contribution in [1.82, 2.24) is 10.2 Å². The van der Waals surface area contributed by atoms with Gasteiger partial charge in [0.15, 0.2) is 0 Å². The van der Waals surface area contributed by atoms with E-state index in [9.17, 15) is 5.11 Å². The van der Waals surface area contributed by atoms with Gasteiger partial charge in [-0.2, -0.15) is 0 Å². The number of hydrogen-bond donors (Lipinski definition) is 2. The Morgan fingerprint density at radius 2 is 2.14 bits per heavy atom. The van der Waals surface area contributed by atoms with E-state index in [1.54, 1.807) is 0 Å². The Morgan fingerprint density at radius 1 is 1.29 bits per heavy atom. The summed E-state index contributed by atoms with van der Waals surface area (Å²) in [6.07, 6.45) is 3.11. The van der Waals surface area contributed by atoms with Crippen molar-refractivity contribution in [2.24, 2.45) is 0 Å². The van der Waals surface area contributed by atoms with Crippen LogP contribution in [0.15, 0.2) is 0 Å². The number of morpholine rings is 1. The highest BCUT2D eigenvalue weighted by molar-refractivity contribution is 4.66. The highest BCUT2D eigenvalue weighted by Gasteiger charge is 2.16. The summed E-state index contributed by atoms with van der Waals surface area (Å²) in [6.45, 7) is 8.25. The van der Waals surface area contributed by atoms with Gasteiger partial charge < -0.3 is 24.6 Å². The molecule has 0 radical (unpaired) electrons. The van der Waals surface area contributed by atoms with Gasteiger partial charge in [-0.25, -0.2) is 0 Å². The first kappa shape index (κ1) is 17.1. The first-order valence-corrected chi connectivity index (χ1v) is 8.23. The van der Waals surface area contributed by atoms with Crippen LogP contribution >= 0.6 is 0 Å². The van der Waals surface area contributed by atoms with Gasteiger partial charge in [-0.3, -0.25) is 4.90 Å². The summed E-state index contributed by atoms with van der Waals surface area (Å²) >= 11 is 0. The molecule has 0 spiro atoms. The molecule has 2 atom stereocenters. The number of rotatable bonds is 10. The Morgan fingerprint density at radius 3 is 2.90 bits per heavy atom. The average Bonchev–Trinajstić information content (AvgIpc) is 3.01. The fourth-order valence-corrected chi connectivity index (χ4v) is 2.69. The second-order valence-corrected chi connectivity index (χ2v) is 5.84. The van der Waals surface area contributed by atoms with Crippen LogP contribution in [0.5, 0.6) is 0 Å². The molecule has 0 aromatic rings. The number of nitrogens with zero attached hydrogens (tertiary/aromatic N) is 1. The Kier molecular flexibility index (Phi) is 8.54. The Balaban J connectivity index is 1.37. The summed E-state index contributed by atoms with van der Waals surface area (Å²) in [6, 6.07) is 0. The van der Waals surface area contributed by atoms with Gasteiger partial charge in [0.2, 0.25) is 0 Å². The topological polar surface area (TPSA) is 63.2 Å². The lowest BCUT2D eigenvalue weighted by molar-refractivity contribution is -0.0164. The van der Waals surface area contributed by atoms with Gasteiger partial charge in [0.1, 0.15) is 0 Å². The zero-order valence-electron chi connectivity index (χ0n) is 13.0. The fourth-order valence-electron chi connectivity index (χ4n) is 2.69. The van der Waals surface area contributed by atoms with Gasteiger partial charge in [-0.05, 0) is 32.4 Å². The van der Waals surface area contributed by atoms with Gasteiger partial charge in [0.25, 0.3) is 0 Å². The molecule has 124 valence electrons. The minimum atomic E-state index is -0.435. The maximum atomic E-state index is 9.82. The smallest absolute Gasteiger partial charge is 0.0897 e. The minimum Gasteiger partial charge on any atom is -0.389 e. The molecule has 2 N–H and O–H groups in total. The van der Waals surface area contributed by atoms with Crippen LogP contribution in [-0.4, -0.2) is 88.0 Å². The summed E-state index contributed by atoms with van der Waals surface area (Å²) in [7, 11) is 0. The van der Waals surface area contributed by atoms with E-state index in [1.807, 2.05) is 0 Å². The van der Waals surface area contributed by atoms with Crippen molar-refractivity contribution in [2.45, 2.75) is 31.5 Å². The largest absolute Gasteiger partial charge is 0.389 e. The number of aliphatic hydroxyl groups is 1. The molecule has 0 amide bonds. The average molecular weight is 302 g/mol. The van der Waals surface area contributed by atoms with E-state index in [-0.39, 0.29) is 6.10 Å². The molecule has 0 bridgehead atoms. The van der Waals surface area contributed by atoms with Crippen molar-refractivity contribution in [1.29, 1.82) is 0 Å². The van der Waals surface area contributed by atoms with Crippen molar-refractivity contribution in [2.75, 3.05) is 65.8 Å². The molecule has 0 saturated carbocycles. The molecule has 2 fully saturated rings. The Bertz CT molecular complexity index is 256. The third-order valence-electron chi connectivity index (χ3n) is 3.95. The lowest BCUT2D eigenvalue weighted by Gasteiger charge is -2.26.